The monoisotopic (exact) mass is 404 g/mol. The largest absolute Gasteiger partial charge is 0.495 e. The van der Waals surface area contributed by atoms with Crippen molar-refractivity contribution >= 4 is 28.9 Å². The van der Waals surface area contributed by atoms with Crippen molar-refractivity contribution in [3.63, 3.8) is 0 Å². The van der Waals surface area contributed by atoms with Gasteiger partial charge in [0, 0.05) is 23.7 Å². The van der Waals surface area contributed by atoms with Gasteiger partial charge < -0.3 is 24.8 Å². The predicted molar refractivity (Wildman–Crippen MR) is 111 cm³/mol. The van der Waals surface area contributed by atoms with Crippen LogP contribution in [0.15, 0.2) is 30.3 Å². The van der Waals surface area contributed by atoms with Crippen LogP contribution in [0.4, 0.5) is 11.4 Å². The molecule has 0 saturated carbocycles. The van der Waals surface area contributed by atoms with Gasteiger partial charge in [0.05, 0.1) is 24.4 Å². The van der Waals surface area contributed by atoms with Gasteiger partial charge in [-0.25, -0.2) is 0 Å². The molecule has 6 nitrogen and oxygen atoms in total. The highest BCUT2D eigenvalue weighted by Crippen LogP contribution is 2.38. The molecular formula is C21H25ClN2O4. The van der Waals surface area contributed by atoms with Crippen LogP contribution >= 0.6 is 11.6 Å². The van der Waals surface area contributed by atoms with E-state index in [-0.39, 0.29) is 12.0 Å². The lowest BCUT2D eigenvalue weighted by Crippen LogP contribution is -2.32. The van der Waals surface area contributed by atoms with E-state index in [4.69, 9.17) is 25.8 Å². The van der Waals surface area contributed by atoms with Gasteiger partial charge in [-0.15, -0.1) is 0 Å². The summed E-state index contributed by atoms with van der Waals surface area (Å²) in [4.78, 5) is 12.6. The zero-order valence-electron chi connectivity index (χ0n) is 16.5. The number of amides is 1. The van der Waals surface area contributed by atoms with Crippen molar-refractivity contribution in [3.05, 3.63) is 40.9 Å². The molecule has 0 saturated heterocycles. The Morgan fingerprint density at radius 2 is 2.11 bits per heavy atom. The molecule has 28 heavy (non-hydrogen) atoms. The summed E-state index contributed by atoms with van der Waals surface area (Å²) in [6, 6.07) is 8.49. The van der Waals surface area contributed by atoms with Crippen molar-refractivity contribution in [2.45, 2.75) is 39.3 Å². The van der Waals surface area contributed by atoms with Gasteiger partial charge in [0.25, 0.3) is 0 Å². The van der Waals surface area contributed by atoms with E-state index in [1.54, 1.807) is 32.2 Å². The third kappa shape index (κ3) is 4.44. The van der Waals surface area contributed by atoms with Crippen LogP contribution in [0.3, 0.4) is 0 Å². The number of benzene rings is 2. The van der Waals surface area contributed by atoms with E-state index < -0.39 is 6.04 Å². The molecular weight excluding hydrogens is 380 g/mol. The second-order valence-corrected chi connectivity index (χ2v) is 7.13. The Morgan fingerprint density at radius 1 is 1.32 bits per heavy atom. The fourth-order valence-corrected chi connectivity index (χ4v) is 3.38. The van der Waals surface area contributed by atoms with E-state index in [1.165, 1.54) is 0 Å². The van der Waals surface area contributed by atoms with Crippen molar-refractivity contribution in [2.24, 2.45) is 0 Å². The molecule has 1 heterocycles. The molecule has 0 radical (unpaired) electrons. The Morgan fingerprint density at radius 3 is 2.79 bits per heavy atom. The van der Waals surface area contributed by atoms with Gasteiger partial charge in [0.2, 0.25) is 5.91 Å². The fourth-order valence-electron chi connectivity index (χ4n) is 3.12. The Bertz CT molecular complexity index is 872. The van der Waals surface area contributed by atoms with Crippen LogP contribution in [-0.2, 0) is 11.2 Å². The van der Waals surface area contributed by atoms with Gasteiger partial charge in [0.1, 0.15) is 29.4 Å². The van der Waals surface area contributed by atoms with Crippen LogP contribution < -0.4 is 24.8 Å². The zero-order valence-corrected chi connectivity index (χ0v) is 17.2. The summed E-state index contributed by atoms with van der Waals surface area (Å²) in [5.74, 6) is 1.90. The number of carbonyl (C=O) groups is 1. The van der Waals surface area contributed by atoms with Crippen LogP contribution in [0, 0.1) is 0 Å². The normalized spacial score (nSPS) is 16.0. The summed E-state index contributed by atoms with van der Waals surface area (Å²) in [5, 5.41) is 6.51. The summed E-state index contributed by atoms with van der Waals surface area (Å²) in [6.07, 6.45) is 0.990. The molecule has 2 atom stereocenters. The molecule has 0 aliphatic carbocycles. The van der Waals surface area contributed by atoms with E-state index in [0.717, 1.165) is 23.4 Å². The number of hydrogen-bond acceptors (Lipinski definition) is 5. The van der Waals surface area contributed by atoms with Crippen LogP contribution in [0.2, 0.25) is 5.02 Å². The molecule has 1 aliphatic heterocycles. The summed E-state index contributed by atoms with van der Waals surface area (Å²) < 4.78 is 16.7. The molecule has 0 spiro atoms. The molecule has 150 valence electrons. The molecule has 7 heteroatoms. The number of anilines is 2. The van der Waals surface area contributed by atoms with Gasteiger partial charge in [0.15, 0.2) is 0 Å². The van der Waals surface area contributed by atoms with Crippen molar-refractivity contribution in [1.82, 2.24) is 0 Å². The molecule has 1 aliphatic rings. The van der Waals surface area contributed by atoms with Gasteiger partial charge >= 0.3 is 0 Å². The highest BCUT2D eigenvalue weighted by Gasteiger charge is 2.23. The number of ether oxygens (including phenoxy) is 3. The lowest BCUT2D eigenvalue weighted by atomic mass is 10.1. The minimum absolute atomic E-state index is 0.139. The SMILES string of the molecule is CCOc1cc2c(cc1N[C@H](C)C(=O)Nc1ccc(OC)c(Cl)c1)O[C@H](C)C2. The molecule has 2 N–H and O–H groups in total. The average molecular weight is 405 g/mol. The first-order chi connectivity index (χ1) is 13.4. The Kier molecular flexibility index (Phi) is 6.19. The summed E-state index contributed by atoms with van der Waals surface area (Å²) in [6.45, 7) is 6.28. The first-order valence-electron chi connectivity index (χ1n) is 9.28. The Labute approximate surface area is 170 Å². The van der Waals surface area contributed by atoms with E-state index in [2.05, 4.69) is 10.6 Å². The lowest BCUT2D eigenvalue weighted by Gasteiger charge is -2.19. The number of nitrogens with one attached hydrogen (secondary N) is 2. The lowest BCUT2D eigenvalue weighted by molar-refractivity contribution is -0.116. The molecule has 0 fully saturated rings. The summed E-state index contributed by atoms with van der Waals surface area (Å²) in [7, 11) is 1.54. The Balaban J connectivity index is 1.73. The molecule has 0 unspecified atom stereocenters. The van der Waals surface area contributed by atoms with Gasteiger partial charge in [-0.3, -0.25) is 4.79 Å². The summed E-state index contributed by atoms with van der Waals surface area (Å²) >= 11 is 6.12. The fraction of sp³-hybridized carbons (Fsp3) is 0.381. The van der Waals surface area contributed by atoms with Crippen LogP contribution in [0.1, 0.15) is 26.3 Å². The molecule has 1 amide bonds. The van der Waals surface area contributed by atoms with Gasteiger partial charge in [-0.05, 0) is 45.0 Å². The number of fused-ring (bicyclic) bond motifs is 1. The number of carbonyl (C=O) groups excluding carboxylic acids is 1. The van der Waals surface area contributed by atoms with Crippen molar-refractivity contribution < 1.29 is 19.0 Å². The van der Waals surface area contributed by atoms with E-state index in [1.807, 2.05) is 26.0 Å². The quantitative estimate of drug-likeness (QED) is 0.710. The number of methoxy groups -OCH3 is 1. The van der Waals surface area contributed by atoms with Gasteiger partial charge in [-0.2, -0.15) is 0 Å². The second-order valence-electron chi connectivity index (χ2n) is 6.73. The van der Waals surface area contributed by atoms with Crippen LogP contribution in [-0.4, -0.2) is 31.8 Å². The first kappa shape index (κ1) is 20.1. The highest BCUT2D eigenvalue weighted by molar-refractivity contribution is 6.32. The molecule has 2 aromatic rings. The summed E-state index contributed by atoms with van der Waals surface area (Å²) in [5.41, 5.74) is 2.44. The number of hydrogen-bond donors (Lipinski definition) is 2. The van der Waals surface area contributed by atoms with Crippen molar-refractivity contribution in [1.29, 1.82) is 0 Å². The van der Waals surface area contributed by atoms with Crippen LogP contribution in [0.5, 0.6) is 17.2 Å². The van der Waals surface area contributed by atoms with E-state index >= 15 is 0 Å². The van der Waals surface area contributed by atoms with E-state index in [0.29, 0.717) is 28.8 Å². The van der Waals surface area contributed by atoms with Crippen molar-refractivity contribution in [2.75, 3.05) is 24.4 Å². The smallest absolute Gasteiger partial charge is 0.246 e. The average Bonchev–Trinajstić information content (AvgIpc) is 3.01. The van der Waals surface area contributed by atoms with Gasteiger partial charge in [-0.1, -0.05) is 11.6 Å². The van der Waals surface area contributed by atoms with Crippen LogP contribution in [0.25, 0.3) is 0 Å². The first-order valence-corrected chi connectivity index (χ1v) is 9.66. The third-order valence-corrected chi connectivity index (χ3v) is 4.78. The topological polar surface area (TPSA) is 68.8 Å². The molecule has 3 rings (SSSR count). The third-order valence-electron chi connectivity index (χ3n) is 4.48. The minimum Gasteiger partial charge on any atom is -0.495 e. The number of halogens is 1. The maximum atomic E-state index is 12.6. The standard InChI is InChI=1S/C21H25ClN2O4/c1-5-27-20-9-14-8-12(2)28-19(14)11-17(20)23-13(3)21(25)24-15-6-7-18(26-4)16(22)10-15/h6-7,9-13,23H,5,8H2,1-4H3,(H,24,25)/t12-,13-/m1/s1. The number of rotatable bonds is 7. The predicted octanol–water partition coefficient (Wildman–Crippen LogP) is 4.51. The maximum absolute atomic E-state index is 12.6. The zero-order chi connectivity index (χ0) is 20.3. The highest BCUT2D eigenvalue weighted by atomic mass is 35.5. The molecule has 0 aromatic heterocycles. The second kappa shape index (κ2) is 8.61. The minimum atomic E-state index is -0.503. The maximum Gasteiger partial charge on any atom is 0.246 e. The Hall–Kier alpha value is -2.60. The van der Waals surface area contributed by atoms with E-state index in [9.17, 15) is 4.79 Å². The molecule has 2 aromatic carbocycles. The molecule has 0 bridgehead atoms. The van der Waals surface area contributed by atoms with Crippen molar-refractivity contribution in [3.8, 4) is 17.2 Å².